The molecule has 2 aromatic heterocycles. The fourth-order valence-electron chi connectivity index (χ4n) is 4.26. The summed E-state index contributed by atoms with van der Waals surface area (Å²) in [5, 5.41) is 8.32. The van der Waals surface area contributed by atoms with Gasteiger partial charge in [0.1, 0.15) is 12.1 Å². The van der Waals surface area contributed by atoms with Crippen LogP contribution in [0.1, 0.15) is 67.7 Å². The maximum Gasteiger partial charge on any atom is 0.407 e. The summed E-state index contributed by atoms with van der Waals surface area (Å²) in [5.74, 6) is -0.202. The number of amides is 3. The first kappa shape index (κ1) is 30.4. The largest absolute Gasteiger partial charge is 0.444 e. The molecule has 40 heavy (non-hydrogen) atoms. The second-order valence-corrected chi connectivity index (χ2v) is 10.3. The van der Waals surface area contributed by atoms with Crippen molar-refractivity contribution in [3.63, 3.8) is 0 Å². The standard InChI is InChI=1S/C26H36ClN9O4/c1-6-35-16-11-8-10-15(23(37)30-12-9-13-31-25(39)40-26(3,4)5)19(16)36(7-2)17(35)14-32-24(38)18-21(28)34-22(29)20(27)33-18/h8,10-11H,6-7,9,12-14H2,1-5H3,(H6-,28,29,30,31,32,34,37,38,39)/p+1. The van der Waals surface area contributed by atoms with Crippen LogP contribution in [0, 0.1) is 0 Å². The zero-order valence-corrected chi connectivity index (χ0v) is 24.2. The van der Waals surface area contributed by atoms with Gasteiger partial charge in [-0.1, -0.05) is 17.7 Å². The first-order valence-electron chi connectivity index (χ1n) is 13.0. The number of imidazole rings is 1. The Hall–Kier alpha value is -4.13. The molecule has 2 heterocycles. The number of nitrogen functional groups attached to an aromatic ring is 2. The van der Waals surface area contributed by atoms with E-state index in [9.17, 15) is 14.4 Å². The highest BCUT2D eigenvalue weighted by atomic mass is 35.5. The summed E-state index contributed by atoms with van der Waals surface area (Å²) in [5.41, 5.74) is 12.8. The van der Waals surface area contributed by atoms with Crippen molar-refractivity contribution in [2.45, 2.75) is 66.3 Å². The number of ether oxygens (including phenoxy) is 1. The maximum atomic E-state index is 13.2. The molecule has 7 N–H and O–H groups in total. The molecule has 1 aromatic carbocycles. The molecule has 0 fully saturated rings. The van der Waals surface area contributed by atoms with Gasteiger partial charge in [-0.3, -0.25) is 9.59 Å². The van der Waals surface area contributed by atoms with Crippen LogP contribution in [0.3, 0.4) is 0 Å². The number of fused-ring (bicyclic) bond motifs is 1. The van der Waals surface area contributed by atoms with Gasteiger partial charge in [0.15, 0.2) is 33.5 Å². The Bertz CT molecular complexity index is 1420. The average Bonchev–Trinajstić information content (AvgIpc) is 3.20. The second-order valence-electron chi connectivity index (χ2n) is 9.93. The van der Waals surface area contributed by atoms with Gasteiger partial charge in [0.25, 0.3) is 17.6 Å². The predicted molar refractivity (Wildman–Crippen MR) is 152 cm³/mol. The van der Waals surface area contributed by atoms with E-state index in [1.807, 2.05) is 35.1 Å². The summed E-state index contributed by atoms with van der Waals surface area (Å²) in [6, 6.07) is 5.52. The Morgan fingerprint density at radius 2 is 1.73 bits per heavy atom. The molecular weight excluding hydrogens is 538 g/mol. The van der Waals surface area contributed by atoms with Crippen LogP contribution in [-0.4, -0.2) is 51.1 Å². The molecule has 0 bridgehead atoms. The van der Waals surface area contributed by atoms with Gasteiger partial charge in [0, 0.05) is 13.1 Å². The Morgan fingerprint density at radius 1 is 1.02 bits per heavy atom. The molecule has 0 aliphatic heterocycles. The van der Waals surface area contributed by atoms with E-state index in [-0.39, 0.29) is 34.9 Å². The third kappa shape index (κ3) is 7.08. The number of alkyl carbamates (subject to hydrolysis) is 1. The van der Waals surface area contributed by atoms with Gasteiger partial charge in [-0.05, 0) is 53.2 Å². The summed E-state index contributed by atoms with van der Waals surface area (Å²) < 4.78 is 9.24. The molecule has 14 heteroatoms. The van der Waals surface area contributed by atoms with Gasteiger partial charge in [-0.15, -0.1) is 0 Å². The van der Waals surface area contributed by atoms with Crippen LogP contribution in [0.25, 0.3) is 11.0 Å². The Labute approximate surface area is 237 Å². The molecule has 13 nitrogen and oxygen atoms in total. The molecule has 0 aliphatic rings. The number of anilines is 2. The van der Waals surface area contributed by atoms with Crippen molar-refractivity contribution < 1.29 is 23.7 Å². The van der Waals surface area contributed by atoms with E-state index in [1.54, 1.807) is 26.8 Å². The number of carbonyl (C=O) groups is 3. The topological polar surface area (TPSA) is 183 Å². The number of carbonyl (C=O) groups excluding carboxylic acids is 3. The van der Waals surface area contributed by atoms with Crippen LogP contribution >= 0.6 is 11.6 Å². The van der Waals surface area contributed by atoms with Crippen LogP contribution in [0.2, 0.25) is 5.15 Å². The van der Waals surface area contributed by atoms with Crippen LogP contribution in [0.15, 0.2) is 18.2 Å². The number of nitrogens with one attached hydrogen (secondary N) is 3. The number of benzene rings is 1. The van der Waals surface area contributed by atoms with E-state index in [0.29, 0.717) is 38.2 Å². The molecule has 0 atom stereocenters. The monoisotopic (exact) mass is 574 g/mol. The quantitative estimate of drug-likeness (QED) is 0.180. The van der Waals surface area contributed by atoms with Crippen molar-refractivity contribution in [1.29, 1.82) is 0 Å². The number of nitrogens with two attached hydrogens (primary N) is 2. The van der Waals surface area contributed by atoms with Gasteiger partial charge in [-0.25, -0.2) is 23.9 Å². The summed E-state index contributed by atoms with van der Waals surface area (Å²) >= 11 is 5.93. The van der Waals surface area contributed by atoms with E-state index in [0.717, 1.165) is 16.9 Å². The van der Waals surface area contributed by atoms with Gasteiger partial charge in [0.05, 0.1) is 18.7 Å². The fourth-order valence-corrected chi connectivity index (χ4v) is 4.38. The SMILES string of the molecule is CCn1c(CNC(=O)c2nc(Cl)c(N)nc2N)[n+](CC)c2c(C(=O)NCCCNC(=O)OC(C)(C)C)cccc21. The smallest absolute Gasteiger partial charge is 0.407 e. The van der Waals surface area contributed by atoms with Gasteiger partial charge < -0.3 is 32.2 Å². The molecular formula is C26H37ClN9O4+. The predicted octanol–water partition coefficient (Wildman–Crippen LogP) is 2.15. The summed E-state index contributed by atoms with van der Waals surface area (Å²) in [6.45, 7) is 11.3. The number of nitrogens with zero attached hydrogens (tertiary/aromatic N) is 4. The van der Waals surface area contributed by atoms with Gasteiger partial charge in [0.2, 0.25) is 0 Å². The molecule has 3 aromatic rings. The molecule has 0 unspecified atom stereocenters. The number of aromatic nitrogens is 4. The van der Waals surface area contributed by atoms with Crippen LogP contribution in [0.4, 0.5) is 16.4 Å². The van der Waals surface area contributed by atoms with Crippen molar-refractivity contribution in [2.75, 3.05) is 24.6 Å². The van der Waals surface area contributed by atoms with E-state index >= 15 is 0 Å². The van der Waals surface area contributed by atoms with Crippen molar-refractivity contribution in [3.05, 3.63) is 40.4 Å². The van der Waals surface area contributed by atoms with E-state index < -0.39 is 17.6 Å². The summed E-state index contributed by atoms with van der Waals surface area (Å²) in [4.78, 5) is 45.7. The Balaban J connectivity index is 1.76. The fraction of sp³-hybridized carbons (Fsp3) is 0.462. The van der Waals surface area contributed by atoms with Crippen molar-refractivity contribution in [2.24, 2.45) is 0 Å². The molecule has 0 radical (unpaired) electrons. The normalized spacial score (nSPS) is 11.3. The minimum atomic E-state index is -0.576. The Kier molecular flexibility index (Phi) is 9.74. The first-order valence-corrected chi connectivity index (χ1v) is 13.4. The number of para-hydroxylation sites is 1. The second kappa shape index (κ2) is 12.8. The highest BCUT2D eigenvalue weighted by molar-refractivity contribution is 6.31. The zero-order chi connectivity index (χ0) is 29.6. The number of halogens is 1. The number of hydrogen-bond donors (Lipinski definition) is 5. The first-order chi connectivity index (χ1) is 18.9. The molecule has 0 spiro atoms. The zero-order valence-electron chi connectivity index (χ0n) is 23.4. The van der Waals surface area contributed by atoms with Crippen molar-refractivity contribution in [3.8, 4) is 0 Å². The van der Waals surface area contributed by atoms with Gasteiger partial charge in [-0.2, -0.15) is 0 Å². The molecule has 0 saturated carbocycles. The van der Waals surface area contributed by atoms with Crippen molar-refractivity contribution >= 4 is 52.2 Å². The third-order valence-corrected chi connectivity index (χ3v) is 6.19. The average molecular weight is 575 g/mol. The molecule has 0 aliphatic carbocycles. The summed E-state index contributed by atoms with van der Waals surface area (Å²) in [6.07, 6.45) is 0.0331. The number of hydrogen-bond acceptors (Lipinski definition) is 8. The summed E-state index contributed by atoms with van der Waals surface area (Å²) in [7, 11) is 0. The molecule has 0 saturated heterocycles. The van der Waals surface area contributed by atoms with E-state index in [2.05, 4.69) is 25.9 Å². The minimum Gasteiger partial charge on any atom is -0.444 e. The van der Waals surface area contributed by atoms with Crippen LogP contribution < -0.4 is 32.0 Å². The van der Waals surface area contributed by atoms with E-state index in [1.165, 1.54) is 0 Å². The van der Waals surface area contributed by atoms with Crippen molar-refractivity contribution in [1.82, 2.24) is 30.5 Å². The minimum absolute atomic E-state index is 0.0595. The number of rotatable bonds is 10. The lowest BCUT2D eigenvalue weighted by Gasteiger charge is -2.19. The third-order valence-electron chi connectivity index (χ3n) is 5.91. The van der Waals surface area contributed by atoms with Crippen LogP contribution in [0.5, 0.6) is 0 Å². The lowest BCUT2D eigenvalue weighted by Crippen LogP contribution is -2.41. The van der Waals surface area contributed by atoms with Crippen LogP contribution in [-0.2, 0) is 24.4 Å². The number of aryl methyl sites for hydroxylation is 2. The maximum absolute atomic E-state index is 13.2. The highest BCUT2D eigenvalue weighted by Crippen LogP contribution is 2.21. The van der Waals surface area contributed by atoms with E-state index in [4.69, 9.17) is 27.8 Å². The lowest BCUT2D eigenvalue weighted by atomic mass is 10.1. The highest BCUT2D eigenvalue weighted by Gasteiger charge is 2.28. The molecule has 3 amide bonds. The molecule has 3 rings (SSSR count). The Morgan fingerprint density at radius 3 is 2.38 bits per heavy atom. The molecule has 216 valence electrons. The lowest BCUT2D eigenvalue weighted by molar-refractivity contribution is -0.676. The van der Waals surface area contributed by atoms with Gasteiger partial charge >= 0.3 is 6.09 Å².